The number of amidine groups is 1. The molecular formula is C10H21N3O2. The molecule has 0 aromatic rings. The van der Waals surface area contributed by atoms with E-state index in [1.165, 1.54) is 0 Å². The van der Waals surface area contributed by atoms with Gasteiger partial charge in [-0.1, -0.05) is 31.8 Å². The molecule has 5 heteroatoms. The van der Waals surface area contributed by atoms with Crippen molar-refractivity contribution in [1.82, 2.24) is 5.32 Å². The van der Waals surface area contributed by atoms with Crippen LogP contribution in [0.25, 0.3) is 0 Å². The number of hydrogen-bond donors (Lipinski definition) is 3. The zero-order valence-corrected chi connectivity index (χ0v) is 9.71. The minimum Gasteiger partial charge on any atom is -0.409 e. The van der Waals surface area contributed by atoms with E-state index in [0.717, 1.165) is 12.8 Å². The van der Waals surface area contributed by atoms with Gasteiger partial charge in [0.15, 0.2) is 5.84 Å². The molecule has 0 aliphatic heterocycles. The molecule has 0 unspecified atom stereocenters. The Kier molecular flexibility index (Phi) is 5.74. The normalized spacial score (nSPS) is 12.6. The number of carbonyl (C=O) groups excluding carboxylic acids is 1. The van der Waals surface area contributed by atoms with Gasteiger partial charge in [-0.25, -0.2) is 0 Å². The summed E-state index contributed by atoms with van der Waals surface area (Å²) in [7, 11) is 1.56. The van der Waals surface area contributed by atoms with Gasteiger partial charge in [-0.3, -0.25) is 4.79 Å². The molecule has 4 N–H and O–H groups in total. The number of nitrogens with two attached hydrogens (primary N) is 1. The third-order valence-electron chi connectivity index (χ3n) is 2.61. The highest BCUT2D eigenvalue weighted by Gasteiger charge is 2.40. The first-order valence-electron chi connectivity index (χ1n) is 5.29. The second-order valence-electron chi connectivity index (χ2n) is 3.65. The Bertz CT molecular complexity index is 233. The fraction of sp³-hybridized carbons (Fsp3) is 0.800. The van der Waals surface area contributed by atoms with E-state index in [0.29, 0.717) is 12.8 Å². The first kappa shape index (κ1) is 13.7. The minimum absolute atomic E-state index is 0.00514. The summed E-state index contributed by atoms with van der Waals surface area (Å²) < 4.78 is 0. The van der Waals surface area contributed by atoms with Gasteiger partial charge in [-0.15, -0.1) is 0 Å². The van der Waals surface area contributed by atoms with E-state index in [-0.39, 0.29) is 11.7 Å². The van der Waals surface area contributed by atoms with Crippen LogP contribution in [0.2, 0.25) is 0 Å². The SMILES string of the molecule is CCCC(CCC)(C(=O)NC)C(N)=NO. The van der Waals surface area contributed by atoms with Gasteiger partial charge in [0.25, 0.3) is 0 Å². The number of hydrogen-bond acceptors (Lipinski definition) is 3. The molecular weight excluding hydrogens is 194 g/mol. The maximum atomic E-state index is 11.8. The lowest BCUT2D eigenvalue weighted by atomic mass is 9.77. The predicted octanol–water partition coefficient (Wildman–Crippen LogP) is 1.07. The molecule has 0 bridgehead atoms. The topological polar surface area (TPSA) is 87.7 Å². The number of oxime groups is 1. The molecule has 88 valence electrons. The fourth-order valence-electron chi connectivity index (χ4n) is 1.91. The second-order valence-corrected chi connectivity index (χ2v) is 3.65. The smallest absolute Gasteiger partial charge is 0.233 e. The predicted molar refractivity (Wildman–Crippen MR) is 59.7 cm³/mol. The van der Waals surface area contributed by atoms with Crippen LogP contribution in [0.1, 0.15) is 39.5 Å². The van der Waals surface area contributed by atoms with Crippen molar-refractivity contribution in [2.45, 2.75) is 39.5 Å². The van der Waals surface area contributed by atoms with Crippen molar-refractivity contribution in [1.29, 1.82) is 0 Å². The Morgan fingerprint density at radius 2 is 1.87 bits per heavy atom. The Labute approximate surface area is 90.7 Å². The van der Waals surface area contributed by atoms with Gasteiger partial charge < -0.3 is 16.3 Å². The van der Waals surface area contributed by atoms with Gasteiger partial charge in [0.05, 0.1) is 0 Å². The van der Waals surface area contributed by atoms with E-state index >= 15 is 0 Å². The Balaban J connectivity index is 5.15. The maximum Gasteiger partial charge on any atom is 0.233 e. The lowest BCUT2D eigenvalue weighted by Gasteiger charge is -2.29. The molecule has 0 radical (unpaired) electrons. The molecule has 15 heavy (non-hydrogen) atoms. The van der Waals surface area contributed by atoms with Crippen LogP contribution in [-0.2, 0) is 4.79 Å². The Morgan fingerprint density at radius 1 is 1.40 bits per heavy atom. The monoisotopic (exact) mass is 215 g/mol. The van der Waals surface area contributed by atoms with Crippen LogP contribution in [0.3, 0.4) is 0 Å². The van der Waals surface area contributed by atoms with Gasteiger partial charge in [0.2, 0.25) is 5.91 Å². The number of carbonyl (C=O) groups is 1. The van der Waals surface area contributed by atoms with Crippen LogP contribution in [0.15, 0.2) is 5.16 Å². The van der Waals surface area contributed by atoms with E-state index in [4.69, 9.17) is 10.9 Å². The van der Waals surface area contributed by atoms with Gasteiger partial charge in [0.1, 0.15) is 5.41 Å². The number of amides is 1. The van der Waals surface area contributed by atoms with Crippen molar-refractivity contribution in [3.63, 3.8) is 0 Å². The summed E-state index contributed by atoms with van der Waals surface area (Å²) >= 11 is 0. The molecule has 0 aromatic carbocycles. The molecule has 0 saturated carbocycles. The summed E-state index contributed by atoms with van der Waals surface area (Å²) in [5, 5.41) is 14.3. The lowest BCUT2D eigenvalue weighted by molar-refractivity contribution is -0.127. The van der Waals surface area contributed by atoms with Crippen molar-refractivity contribution < 1.29 is 10.0 Å². The first-order valence-corrected chi connectivity index (χ1v) is 5.29. The zero-order chi connectivity index (χ0) is 11.9. The zero-order valence-electron chi connectivity index (χ0n) is 9.71. The van der Waals surface area contributed by atoms with Crippen LogP contribution in [-0.4, -0.2) is 24.0 Å². The first-order chi connectivity index (χ1) is 7.08. The molecule has 0 rings (SSSR count). The molecule has 0 aromatic heterocycles. The number of nitrogens with zero attached hydrogens (tertiary/aromatic N) is 1. The van der Waals surface area contributed by atoms with Gasteiger partial charge in [-0.05, 0) is 12.8 Å². The van der Waals surface area contributed by atoms with Crippen molar-refractivity contribution in [2.24, 2.45) is 16.3 Å². The highest BCUT2D eigenvalue weighted by molar-refractivity contribution is 6.06. The van der Waals surface area contributed by atoms with Crippen molar-refractivity contribution in [2.75, 3.05) is 7.05 Å². The molecule has 0 heterocycles. The minimum atomic E-state index is -0.854. The van der Waals surface area contributed by atoms with Gasteiger partial charge >= 0.3 is 0 Å². The van der Waals surface area contributed by atoms with Crippen LogP contribution in [0.4, 0.5) is 0 Å². The molecule has 1 amide bonds. The second kappa shape index (κ2) is 6.27. The van der Waals surface area contributed by atoms with E-state index < -0.39 is 5.41 Å². The molecule has 5 nitrogen and oxygen atoms in total. The third-order valence-corrected chi connectivity index (χ3v) is 2.61. The fourth-order valence-corrected chi connectivity index (χ4v) is 1.91. The summed E-state index contributed by atoms with van der Waals surface area (Å²) in [6.45, 7) is 3.94. The quantitative estimate of drug-likeness (QED) is 0.268. The summed E-state index contributed by atoms with van der Waals surface area (Å²) in [5.41, 5.74) is 4.79. The van der Waals surface area contributed by atoms with Crippen LogP contribution >= 0.6 is 0 Å². The average molecular weight is 215 g/mol. The van der Waals surface area contributed by atoms with Crippen molar-refractivity contribution in [3.05, 3.63) is 0 Å². The van der Waals surface area contributed by atoms with Crippen LogP contribution in [0, 0.1) is 5.41 Å². The Morgan fingerprint density at radius 3 is 2.13 bits per heavy atom. The van der Waals surface area contributed by atoms with E-state index in [1.54, 1.807) is 7.05 Å². The maximum absolute atomic E-state index is 11.8. The highest BCUT2D eigenvalue weighted by Crippen LogP contribution is 2.30. The van der Waals surface area contributed by atoms with Crippen LogP contribution < -0.4 is 11.1 Å². The van der Waals surface area contributed by atoms with Crippen molar-refractivity contribution in [3.8, 4) is 0 Å². The average Bonchev–Trinajstić information content (AvgIpc) is 2.26. The van der Waals surface area contributed by atoms with Crippen molar-refractivity contribution >= 4 is 11.7 Å². The molecule has 0 aliphatic carbocycles. The van der Waals surface area contributed by atoms with Gasteiger partial charge in [-0.2, -0.15) is 0 Å². The third kappa shape index (κ3) is 2.84. The largest absolute Gasteiger partial charge is 0.409 e. The lowest BCUT2D eigenvalue weighted by Crippen LogP contribution is -2.48. The molecule has 0 atom stereocenters. The van der Waals surface area contributed by atoms with E-state index in [9.17, 15) is 4.79 Å². The highest BCUT2D eigenvalue weighted by atomic mass is 16.4. The summed E-state index contributed by atoms with van der Waals surface area (Å²) in [5.74, 6) is -0.174. The Hall–Kier alpha value is -1.26. The standard InChI is InChI=1S/C10H21N3O2/c1-4-6-10(7-5-2,8(11)13-15)9(14)12-3/h15H,4-7H2,1-3H3,(H2,11,13)(H,12,14). The number of rotatable bonds is 6. The number of nitrogens with one attached hydrogen (secondary N) is 1. The summed E-state index contributed by atoms with van der Waals surface area (Å²) in [6, 6.07) is 0. The molecule has 0 saturated heterocycles. The van der Waals surface area contributed by atoms with E-state index in [1.807, 2.05) is 13.8 Å². The molecule has 0 fully saturated rings. The van der Waals surface area contributed by atoms with Gasteiger partial charge in [0, 0.05) is 7.05 Å². The molecule has 0 spiro atoms. The summed E-state index contributed by atoms with van der Waals surface area (Å²) in [6.07, 6.45) is 2.81. The van der Waals surface area contributed by atoms with E-state index in [2.05, 4.69) is 10.5 Å². The van der Waals surface area contributed by atoms with Crippen LogP contribution in [0.5, 0.6) is 0 Å². The molecule has 0 aliphatic rings. The summed E-state index contributed by atoms with van der Waals surface area (Å²) in [4.78, 5) is 11.8.